The number of hydrogen-bond acceptors (Lipinski definition) is 6. The molecule has 0 aliphatic carbocycles. The highest BCUT2D eigenvalue weighted by Crippen LogP contribution is 2.23. The van der Waals surface area contributed by atoms with Crippen molar-refractivity contribution in [3.05, 3.63) is 59.7 Å². The molecular formula is C24H29N3O6S. The van der Waals surface area contributed by atoms with Gasteiger partial charge in [0.2, 0.25) is 10.0 Å². The summed E-state index contributed by atoms with van der Waals surface area (Å²) < 4.78 is 33.1. The third-order valence-electron chi connectivity index (χ3n) is 6.11. The number of para-hydroxylation sites is 1. The average Bonchev–Trinajstić information content (AvgIpc) is 2.83. The van der Waals surface area contributed by atoms with Gasteiger partial charge in [0.1, 0.15) is 5.75 Å². The Kier molecular flexibility index (Phi) is 6.92. The Bertz CT molecular complexity index is 1150. The predicted molar refractivity (Wildman–Crippen MR) is 125 cm³/mol. The van der Waals surface area contributed by atoms with Crippen LogP contribution in [0.15, 0.2) is 53.4 Å². The zero-order valence-corrected chi connectivity index (χ0v) is 20.1. The van der Waals surface area contributed by atoms with E-state index in [2.05, 4.69) is 0 Å². The second-order valence-corrected chi connectivity index (χ2v) is 10.6. The zero-order valence-electron chi connectivity index (χ0n) is 19.3. The van der Waals surface area contributed by atoms with Gasteiger partial charge in [-0.3, -0.25) is 9.59 Å². The van der Waals surface area contributed by atoms with Gasteiger partial charge in [-0.15, -0.1) is 0 Å². The molecule has 2 atom stereocenters. The molecule has 0 aromatic heterocycles. The summed E-state index contributed by atoms with van der Waals surface area (Å²) in [6.45, 7) is 5.65. The van der Waals surface area contributed by atoms with E-state index in [-0.39, 0.29) is 53.3 Å². The first kappa shape index (κ1) is 24.2. The zero-order chi connectivity index (χ0) is 24.5. The quantitative estimate of drug-likeness (QED) is 0.705. The Morgan fingerprint density at radius 3 is 1.94 bits per heavy atom. The van der Waals surface area contributed by atoms with E-state index in [1.165, 1.54) is 34.6 Å². The number of phenolic OH excluding ortho intramolecular Hbond substituents is 1. The smallest absolute Gasteiger partial charge is 0.257 e. The summed E-state index contributed by atoms with van der Waals surface area (Å²) in [7, 11) is -3.68. The van der Waals surface area contributed by atoms with E-state index in [1.807, 2.05) is 13.8 Å². The minimum absolute atomic E-state index is 0.0676. The third kappa shape index (κ3) is 4.94. The number of phenols is 1. The van der Waals surface area contributed by atoms with Crippen LogP contribution in [0.4, 0.5) is 0 Å². The van der Waals surface area contributed by atoms with E-state index in [1.54, 1.807) is 28.0 Å². The van der Waals surface area contributed by atoms with E-state index in [4.69, 9.17) is 4.74 Å². The summed E-state index contributed by atoms with van der Waals surface area (Å²) in [6.07, 6.45) is -0.369. The molecule has 9 nitrogen and oxygen atoms in total. The highest BCUT2D eigenvalue weighted by atomic mass is 32.2. The number of benzene rings is 2. The van der Waals surface area contributed by atoms with E-state index in [9.17, 15) is 23.1 Å². The Labute approximate surface area is 199 Å². The van der Waals surface area contributed by atoms with Gasteiger partial charge in [0, 0.05) is 44.8 Å². The first-order valence-corrected chi connectivity index (χ1v) is 12.7. The van der Waals surface area contributed by atoms with Crippen LogP contribution in [0.25, 0.3) is 0 Å². The highest BCUT2D eigenvalue weighted by Gasteiger charge is 2.32. The SMILES string of the molecule is CC1CN(S(=O)(=O)c2ccc(C(=O)N3CCN(C(=O)c4ccccc4O)CC3)cc2)CC(C)O1. The van der Waals surface area contributed by atoms with Gasteiger partial charge in [0.25, 0.3) is 11.8 Å². The topological polar surface area (TPSA) is 107 Å². The van der Waals surface area contributed by atoms with E-state index >= 15 is 0 Å². The molecule has 2 aliphatic heterocycles. The lowest BCUT2D eigenvalue weighted by atomic mass is 10.1. The number of aromatic hydroxyl groups is 1. The first-order valence-electron chi connectivity index (χ1n) is 11.3. The maximum absolute atomic E-state index is 13.0. The van der Waals surface area contributed by atoms with Crippen molar-refractivity contribution in [3.63, 3.8) is 0 Å². The molecule has 2 fully saturated rings. The second kappa shape index (κ2) is 9.73. The molecule has 0 radical (unpaired) electrons. The van der Waals surface area contributed by atoms with Crippen molar-refractivity contribution in [1.29, 1.82) is 0 Å². The summed E-state index contributed by atoms with van der Waals surface area (Å²) in [5.41, 5.74) is 0.631. The average molecular weight is 488 g/mol. The lowest BCUT2D eigenvalue weighted by Gasteiger charge is -2.35. The maximum atomic E-state index is 13.0. The fourth-order valence-corrected chi connectivity index (χ4v) is 5.96. The van der Waals surface area contributed by atoms with Crippen LogP contribution in [-0.2, 0) is 14.8 Å². The third-order valence-corrected chi connectivity index (χ3v) is 7.96. The van der Waals surface area contributed by atoms with Gasteiger partial charge in [0.15, 0.2) is 0 Å². The largest absolute Gasteiger partial charge is 0.507 e. The molecular weight excluding hydrogens is 458 g/mol. The lowest BCUT2D eigenvalue weighted by Crippen LogP contribution is -2.50. The van der Waals surface area contributed by atoms with E-state index in [0.717, 1.165) is 0 Å². The number of morpholine rings is 1. The predicted octanol–water partition coefficient (Wildman–Crippen LogP) is 1.79. The molecule has 0 spiro atoms. The van der Waals surface area contributed by atoms with Crippen molar-refractivity contribution in [3.8, 4) is 5.75 Å². The minimum atomic E-state index is -3.68. The van der Waals surface area contributed by atoms with Crippen molar-refractivity contribution in [2.75, 3.05) is 39.3 Å². The van der Waals surface area contributed by atoms with Gasteiger partial charge in [-0.05, 0) is 50.2 Å². The van der Waals surface area contributed by atoms with Crippen LogP contribution in [0, 0.1) is 0 Å². The highest BCUT2D eigenvalue weighted by molar-refractivity contribution is 7.89. The van der Waals surface area contributed by atoms with Gasteiger partial charge in [-0.1, -0.05) is 12.1 Å². The van der Waals surface area contributed by atoms with Crippen LogP contribution < -0.4 is 0 Å². The number of carbonyl (C=O) groups excluding carboxylic acids is 2. The Balaban J connectivity index is 1.39. The number of ether oxygens (including phenoxy) is 1. The second-order valence-electron chi connectivity index (χ2n) is 8.71. The maximum Gasteiger partial charge on any atom is 0.257 e. The van der Waals surface area contributed by atoms with Crippen molar-refractivity contribution < 1.29 is 27.9 Å². The summed E-state index contributed by atoms with van der Waals surface area (Å²) in [5.74, 6) is -0.555. The fraction of sp³-hybridized carbons (Fsp3) is 0.417. The molecule has 2 heterocycles. The number of amides is 2. The van der Waals surface area contributed by atoms with Gasteiger partial charge < -0.3 is 19.6 Å². The standard InChI is InChI=1S/C24H29N3O6S/c1-17-15-27(16-18(2)33-17)34(31,32)20-9-7-19(8-10-20)23(29)25-11-13-26(14-12-25)24(30)21-5-3-4-6-22(21)28/h3-10,17-18,28H,11-16H2,1-2H3. The Morgan fingerprint density at radius 2 is 1.38 bits per heavy atom. The molecule has 2 saturated heterocycles. The molecule has 2 unspecified atom stereocenters. The molecule has 2 aliphatic rings. The van der Waals surface area contributed by atoms with Crippen molar-refractivity contribution >= 4 is 21.8 Å². The van der Waals surface area contributed by atoms with Gasteiger partial charge in [-0.25, -0.2) is 8.42 Å². The number of piperazine rings is 1. The molecule has 0 saturated carbocycles. The van der Waals surface area contributed by atoms with Crippen LogP contribution >= 0.6 is 0 Å². The summed E-state index contributed by atoms with van der Waals surface area (Å²) in [6, 6.07) is 12.4. The van der Waals surface area contributed by atoms with Crippen LogP contribution in [0.1, 0.15) is 34.6 Å². The first-order chi connectivity index (χ1) is 16.2. The van der Waals surface area contributed by atoms with E-state index in [0.29, 0.717) is 31.7 Å². The van der Waals surface area contributed by atoms with Gasteiger partial charge in [0.05, 0.1) is 22.7 Å². The monoisotopic (exact) mass is 487 g/mol. The molecule has 10 heteroatoms. The molecule has 4 rings (SSSR count). The normalized spacial score (nSPS) is 21.9. The summed E-state index contributed by atoms with van der Waals surface area (Å²) >= 11 is 0. The number of carbonyl (C=O) groups is 2. The van der Waals surface area contributed by atoms with Crippen LogP contribution in [0.5, 0.6) is 5.75 Å². The minimum Gasteiger partial charge on any atom is -0.507 e. The molecule has 2 aromatic carbocycles. The molecule has 34 heavy (non-hydrogen) atoms. The van der Waals surface area contributed by atoms with Crippen molar-refractivity contribution in [2.45, 2.75) is 31.0 Å². The molecule has 2 amide bonds. The molecule has 182 valence electrons. The van der Waals surface area contributed by atoms with Crippen LogP contribution in [0.3, 0.4) is 0 Å². The fourth-order valence-electron chi connectivity index (χ4n) is 4.37. The lowest BCUT2D eigenvalue weighted by molar-refractivity contribution is -0.0440. The number of sulfonamides is 1. The Morgan fingerprint density at radius 1 is 0.853 bits per heavy atom. The number of rotatable bonds is 4. The summed E-state index contributed by atoms with van der Waals surface area (Å²) in [5, 5.41) is 9.93. The summed E-state index contributed by atoms with van der Waals surface area (Å²) in [4.78, 5) is 29.0. The number of hydrogen-bond donors (Lipinski definition) is 1. The number of nitrogens with zero attached hydrogens (tertiary/aromatic N) is 3. The Hall–Kier alpha value is -2.95. The molecule has 2 aromatic rings. The van der Waals surface area contributed by atoms with Gasteiger partial charge in [-0.2, -0.15) is 4.31 Å². The van der Waals surface area contributed by atoms with Crippen LogP contribution in [0.2, 0.25) is 0 Å². The van der Waals surface area contributed by atoms with Crippen molar-refractivity contribution in [2.24, 2.45) is 0 Å². The molecule has 1 N–H and O–H groups in total. The van der Waals surface area contributed by atoms with Gasteiger partial charge >= 0.3 is 0 Å². The van der Waals surface area contributed by atoms with Crippen LogP contribution in [-0.4, -0.2) is 90.9 Å². The van der Waals surface area contributed by atoms with E-state index < -0.39 is 10.0 Å². The van der Waals surface area contributed by atoms with Crippen molar-refractivity contribution in [1.82, 2.24) is 14.1 Å². The molecule has 0 bridgehead atoms.